The summed E-state index contributed by atoms with van der Waals surface area (Å²) in [6, 6.07) is 13.4. The average Bonchev–Trinajstić information content (AvgIpc) is 3.22. The zero-order valence-electron chi connectivity index (χ0n) is 15.0. The molecule has 1 aromatic heterocycles. The van der Waals surface area contributed by atoms with Crippen molar-refractivity contribution in [3.8, 4) is 0 Å². The molecule has 142 valence electrons. The van der Waals surface area contributed by atoms with Crippen molar-refractivity contribution >= 4 is 41.0 Å². The standard InChI is InChI=1S/C20H17ClN4O2S/c1-12-3-2-4-13(9-12)15(20-22-7-8-27-20)11-23-19(26)18-24-16-6-5-14(21)10-17(16)28-25-18/h2-10,15H,11H2,1H3,(H,23,26)(H,24,25). The predicted molar refractivity (Wildman–Crippen MR) is 110 cm³/mol. The van der Waals surface area contributed by atoms with E-state index >= 15 is 0 Å². The van der Waals surface area contributed by atoms with Crippen molar-refractivity contribution < 1.29 is 9.21 Å². The second-order valence-corrected chi connectivity index (χ2v) is 7.61. The number of amidine groups is 1. The Labute approximate surface area is 171 Å². The Morgan fingerprint density at radius 2 is 2.21 bits per heavy atom. The number of rotatable bonds is 5. The molecule has 8 heteroatoms. The van der Waals surface area contributed by atoms with Gasteiger partial charge >= 0.3 is 0 Å². The maximum absolute atomic E-state index is 12.7. The summed E-state index contributed by atoms with van der Waals surface area (Å²) in [5.41, 5.74) is 2.86. The summed E-state index contributed by atoms with van der Waals surface area (Å²) in [7, 11) is 0. The predicted octanol–water partition coefficient (Wildman–Crippen LogP) is 4.23. The second-order valence-electron chi connectivity index (χ2n) is 6.32. The minimum atomic E-state index is -0.294. The van der Waals surface area contributed by atoms with Gasteiger partial charge in [0.15, 0.2) is 0 Å². The number of aromatic nitrogens is 1. The van der Waals surface area contributed by atoms with Gasteiger partial charge in [-0.15, -0.1) is 0 Å². The third-order valence-electron chi connectivity index (χ3n) is 4.29. The molecular weight excluding hydrogens is 396 g/mol. The summed E-state index contributed by atoms with van der Waals surface area (Å²) in [6.45, 7) is 2.36. The number of aryl methyl sites for hydroxylation is 1. The fraction of sp³-hybridized carbons (Fsp3) is 0.150. The molecule has 0 fully saturated rings. The lowest BCUT2D eigenvalue weighted by molar-refractivity contribution is -0.115. The van der Waals surface area contributed by atoms with Gasteiger partial charge in [0.2, 0.25) is 11.7 Å². The number of carbonyl (C=O) groups is 1. The first-order valence-corrected chi connectivity index (χ1v) is 9.85. The summed E-state index contributed by atoms with van der Waals surface area (Å²) in [5.74, 6) is 0.313. The van der Waals surface area contributed by atoms with E-state index in [-0.39, 0.29) is 17.7 Å². The lowest BCUT2D eigenvalue weighted by Gasteiger charge is -2.18. The molecule has 1 atom stereocenters. The first-order chi connectivity index (χ1) is 13.6. The highest BCUT2D eigenvalue weighted by Gasteiger charge is 2.23. The molecule has 2 aromatic carbocycles. The third-order valence-corrected chi connectivity index (χ3v) is 5.37. The normalized spacial score (nSPS) is 13.9. The molecule has 0 aliphatic carbocycles. The van der Waals surface area contributed by atoms with Crippen LogP contribution < -0.4 is 10.0 Å². The number of benzene rings is 2. The minimum absolute atomic E-state index is 0.193. The molecule has 0 radical (unpaired) electrons. The Balaban J connectivity index is 1.51. The Bertz CT molecular complexity index is 1040. The fourth-order valence-electron chi connectivity index (χ4n) is 2.93. The number of hydrogen-bond acceptors (Lipinski definition) is 6. The van der Waals surface area contributed by atoms with Crippen molar-refractivity contribution in [2.45, 2.75) is 17.7 Å². The number of aliphatic imine (C=N–C) groups is 1. The average molecular weight is 413 g/mol. The Morgan fingerprint density at radius 1 is 1.32 bits per heavy atom. The van der Waals surface area contributed by atoms with Gasteiger partial charge in [-0.05, 0) is 42.6 Å². The molecule has 0 saturated carbocycles. The summed E-state index contributed by atoms with van der Waals surface area (Å²) >= 11 is 7.31. The number of carbonyl (C=O) groups excluding carboxylic acids is 1. The van der Waals surface area contributed by atoms with Crippen molar-refractivity contribution in [1.82, 2.24) is 15.0 Å². The van der Waals surface area contributed by atoms with E-state index in [1.807, 2.05) is 31.2 Å². The van der Waals surface area contributed by atoms with Gasteiger partial charge in [0.1, 0.15) is 6.26 Å². The Hall–Kier alpha value is -2.77. The highest BCUT2D eigenvalue weighted by molar-refractivity contribution is 7.98. The number of hydrogen-bond donors (Lipinski definition) is 2. The van der Waals surface area contributed by atoms with E-state index in [0.29, 0.717) is 23.1 Å². The van der Waals surface area contributed by atoms with Gasteiger partial charge < -0.3 is 14.5 Å². The van der Waals surface area contributed by atoms with Crippen LogP contribution in [0.1, 0.15) is 22.9 Å². The highest BCUT2D eigenvalue weighted by atomic mass is 35.5. The van der Waals surface area contributed by atoms with Gasteiger partial charge in [-0.1, -0.05) is 41.4 Å². The number of halogens is 1. The molecule has 2 N–H and O–H groups in total. The van der Waals surface area contributed by atoms with Crippen LogP contribution in [0.2, 0.25) is 5.02 Å². The number of fused-ring (bicyclic) bond motifs is 1. The number of amides is 1. The molecule has 3 aromatic rings. The Kier molecular flexibility index (Phi) is 5.36. The third kappa shape index (κ3) is 4.05. The maximum atomic E-state index is 12.7. The lowest BCUT2D eigenvalue weighted by Crippen LogP contribution is -2.40. The first kappa shape index (κ1) is 18.6. The van der Waals surface area contributed by atoms with Crippen LogP contribution in [-0.2, 0) is 4.79 Å². The number of oxazole rings is 1. The summed E-state index contributed by atoms with van der Waals surface area (Å²) in [6.07, 6.45) is 3.14. The molecule has 0 spiro atoms. The van der Waals surface area contributed by atoms with Crippen LogP contribution in [0.15, 0.2) is 69.2 Å². The van der Waals surface area contributed by atoms with Crippen LogP contribution >= 0.6 is 23.5 Å². The molecule has 1 aliphatic heterocycles. The summed E-state index contributed by atoms with van der Waals surface area (Å²) in [4.78, 5) is 22.2. The molecule has 28 heavy (non-hydrogen) atoms. The molecule has 2 heterocycles. The maximum Gasteiger partial charge on any atom is 0.287 e. The van der Waals surface area contributed by atoms with Gasteiger partial charge in [0.05, 0.1) is 22.7 Å². The largest absolute Gasteiger partial charge is 0.448 e. The molecule has 1 unspecified atom stereocenters. The van der Waals surface area contributed by atoms with Gasteiger partial charge in [-0.2, -0.15) is 0 Å². The van der Waals surface area contributed by atoms with Crippen molar-refractivity contribution in [2.75, 3.05) is 6.54 Å². The number of nitrogens with zero attached hydrogens (tertiary/aromatic N) is 2. The van der Waals surface area contributed by atoms with Gasteiger partial charge in [-0.25, -0.2) is 9.98 Å². The molecule has 0 saturated heterocycles. The van der Waals surface area contributed by atoms with Crippen LogP contribution in [0.5, 0.6) is 0 Å². The monoisotopic (exact) mass is 412 g/mol. The van der Waals surface area contributed by atoms with Crippen molar-refractivity contribution in [3.05, 3.63) is 77.0 Å². The van der Waals surface area contributed by atoms with Crippen LogP contribution in [0.25, 0.3) is 0 Å². The molecule has 1 aliphatic rings. The van der Waals surface area contributed by atoms with Crippen LogP contribution in [0.3, 0.4) is 0 Å². The van der Waals surface area contributed by atoms with Gasteiger partial charge in [-0.3, -0.25) is 4.79 Å². The zero-order valence-corrected chi connectivity index (χ0v) is 16.6. The first-order valence-electron chi connectivity index (χ1n) is 8.65. The van der Waals surface area contributed by atoms with E-state index in [1.165, 1.54) is 18.2 Å². The quantitative estimate of drug-likeness (QED) is 0.613. The molecule has 6 nitrogen and oxygen atoms in total. The van der Waals surface area contributed by atoms with E-state index in [2.05, 4.69) is 26.1 Å². The van der Waals surface area contributed by atoms with E-state index in [1.54, 1.807) is 18.3 Å². The van der Waals surface area contributed by atoms with Crippen LogP contribution in [0, 0.1) is 6.92 Å². The SMILES string of the molecule is Cc1cccc(C(CNC(=O)C2=Nc3ccc(Cl)cc3SN2)c2ncco2)c1. The molecule has 0 bridgehead atoms. The smallest absolute Gasteiger partial charge is 0.287 e. The van der Waals surface area contributed by atoms with Crippen molar-refractivity contribution in [2.24, 2.45) is 4.99 Å². The highest BCUT2D eigenvalue weighted by Crippen LogP contribution is 2.33. The Morgan fingerprint density at radius 3 is 3.00 bits per heavy atom. The van der Waals surface area contributed by atoms with Gasteiger partial charge in [0, 0.05) is 11.6 Å². The van der Waals surface area contributed by atoms with E-state index in [4.69, 9.17) is 16.0 Å². The fourth-order valence-corrected chi connectivity index (χ4v) is 3.91. The van der Waals surface area contributed by atoms with E-state index < -0.39 is 0 Å². The van der Waals surface area contributed by atoms with Crippen LogP contribution in [-0.4, -0.2) is 23.3 Å². The number of nitrogens with one attached hydrogen (secondary N) is 2. The van der Waals surface area contributed by atoms with Gasteiger partial charge in [0.25, 0.3) is 5.91 Å². The topological polar surface area (TPSA) is 79.5 Å². The van der Waals surface area contributed by atoms with E-state index in [0.717, 1.165) is 16.0 Å². The molecular formula is C20H17ClN4O2S. The van der Waals surface area contributed by atoms with Crippen molar-refractivity contribution in [3.63, 3.8) is 0 Å². The second kappa shape index (κ2) is 8.08. The zero-order chi connectivity index (χ0) is 19.5. The minimum Gasteiger partial charge on any atom is -0.448 e. The van der Waals surface area contributed by atoms with Crippen molar-refractivity contribution in [1.29, 1.82) is 0 Å². The van der Waals surface area contributed by atoms with E-state index in [9.17, 15) is 4.79 Å². The lowest BCUT2D eigenvalue weighted by atomic mass is 9.97. The molecule has 1 amide bonds. The summed E-state index contributed by atoms with van der Waals surface area (Å²) in [5, 5.41) is 3.56. The van der Waals surface area contributed by atoms with Crippen LogP contribution in [0.4, 0.5) is 5.69 Å². The summed E-state index contributed by atoms with van der Waals surface area (Å²) < 4.78 is 8.47. The molecule has 4 rings (SSSR count).